The number of hydrogen-bond acceptors (Lipinski definition) is 4. The number of nitrogens with one attached hydrogen (secondary N) is 1. The highest BCUT2D eigenvalue weighted by atomic mass is 19.1. The van der Waals surface area contributed by atoms with Crippen LogP contribution in [-0.4, -0.2) is 61.1 Å². The van der Waals surface area contributed by atoms with Gasteiger partial charge in [-0.1, -0.05) is 6.07 Å². The molecule has 1 saturated heterocycles. The van der Waals surface area contributed by atoms with Crippen molar-refractivity contribution >= 4 is 45.5 Å². The van der Waals surface area contributed by atoms with Gasteiger partial charge in [-0.3, -0.25) is 19.3 Å². The van der Waals surface area contributed by atoms with E-state index < -0.39 is 62.3 Å². The van der Waals surface area contributed by atoms with Gasteiger partial charge in [-0.15, -0.1) is 0 Å². The van der Waals surface area contributed by atoms with Crippen LogP contribution in [0.4, 0.5) is 9.18 Å². The Bertz CT molecular complexity index is 2110. The van der Waals surface area contributed by atoms with E-state index in [1.54, 1.807) is 33.4 Å². The number of urea groups is 1. The van der Waals surface area contributed by atoms with Crippen LogP contribution < -0.4 is 5.32 Å². The molecule has 10 heteroatoms. The van der Waals surface area contributed by atoms with Crippen molar-refractivity contribution in [3.63, 3.8) is 0 Å². The third kappa shape index (κ3) is 3.43. The Morgan fingerprint density at radius 1 is 1.03 bits per heavy atom. The van der Waals surface area contributed by atoms with Gasteiger partial charge in [0.25, 0.3) is 11.8 Å². The number of imide groups is 1. The summed E-state index contributed by atoms with van der Waals surface area (Å²) in [4.78, 5) is 45.3. The molecule has 9 nitrogen and oxygen atoms in total. The third-order valence-corrected chi connectivity index (χ3v) is 6.78. The second kappa shape index (κ2) is 8.54. The minimum absolute atomic E-state index is 0.00962. The van der Waals surface area contributed by atoms with Crippen molar-refractivity contribution < 1.29 is 32.5 Å². The number of halogens is 1. The lowest BCUT2D eigenvalue weighted by Crippen LogP contribution is -2.45. The summed E-state index contributed by atoms with van der Waals surface area (Å²) in [5.41, 5.74) is 1.51. The zero-order valence-electron chi connectivity index (χ0n) is 29.6. The molecule has 38 heavy (non-hydrogen) atoms. The van der Waals surface area contributed by atoms with Crippen LogP contribution in [0.25, 0.3) is 27.7 Å². The molecule has 0 bridgehead atoms. The highest BCUT2D eigenvalue weighted by molar-refractivity contribution is 6.49. The molecule has 3 aromatic heterocycles. The Kier molecular flexibility index (Phi) is 3.25. The molecular weight excluding hydrogens is 487 g/mol. The summed E-state index contributed by atoms with van der Waals surface area (Å²) >= 11 is 0. The first kappa shape index (κ1) is 14.5. The molecule has 0 aliphatic carbocycles. The molecule has 1 fully saturated rings. The number of carbonyl (C=O) groups is 3. The lowest BCUT2D eigenvalue weighted by molar-refractivity contribution is -0.122. The van der Waals surface area contributed by atoms with Crippen LogP contribution in [0.15, 0.2) is 48.9 Å². The average molecular weight is 523 g/mol. The van der Waals surface area contributed by atoms with E-state index >= 15 is 4.39 Å². The number of carbonyl (C=O) groups excluding carboxylic acids is 3. The van der Waals surface area contributed by atoms with Gasteiger partial charge in [0.05, 0.1) is 28.6 Å². The molecule has 3 aliphatic heterocycles. The zero-order valence-corrected chi connectivity index (χ0v) is 19.6. The Morgan fingerprint density at radius 3 is 2.68 bits per heavy atom. The third-order valence-electron chi connectivity index (χ3n) is 6.78. The van der Waals surface area contributed by atoms with E-state index in [2.05, 4.69) is 10.3 Å². The molecule has 6 heterocycles. The highest BCUT2D eigenvalue weighted by Gasteiger charge is 2.36. The van der Waals surface area contributed by atoms with Gasteiger partial charge in [0.15, 0.2) is 0 Å². The summed E-state index contributed by atoms with van der Waals surface area (Å²) in [6.07, 6.45) is -6.49. The first-order valence-electron chi connectivity index (χ1n) is 16.7. The smallest absolute Gasteiger partial charge is 0.320 e. The Morgan fingerprint density at radius 2 is 1.84 bits per heavy atom. The molecule has 3 aliphatic rings. The van der Waals surface area contributed by atoms with Crippen molar-refractivity contribution in [1.82, 2.24) is 29.1 Å². The van der Waals surface area contributed by atoms with Gasteiger partial charge in [0.2, 0.25) is 0 Å². The maximum Gasteiger partial charge on any atom is 0.320 e. The standard InChI is InChI=1S/C28H25FN6O3/c29-18-12-17-15-34(28(38)32-7-3-1-4-8-32)11-10-33-16-20(19(13-18)25(17)33)23-24(27(37)31-26(23)36)21-14-30-22-6-2-5-9-35(21)22/h2,5-6,9,12-14,16H,1,3-4,7-8,10-11,15H2,(H,31,36,37)/i1D2,3D2,4D2,7D2,8D2. The number of amides is 4. The number of imidazole rings is 1. The Hall–Kier alpha value is -4.47. The fourth-order valence-corrected chi connectivity index (χ4v) is 5.20. The molecule has 1 N–H and O–H groups in total. The quantitative estimate of drug-likeness (QED) is 0.409. The van der Waals surface area contributed by atoms with E-state index in [0.717, 1.165) is 17.0 Å². The van der Waals surface area contributed by atoms with Crippen LogP contribution in [0.2, 0.25) is 0 Å². The predicted octanol–water partition coefficient (Wildman–Crippen LogP) is 3.42. The van der Waals surface area contributed by atoms with Crippen LogP contribution >= 0.6 is 0 Å². The number of pyridine rings is 1. The highest BCUT2D eigenvalue weighted by Crippen LogP contribution is 2.38. The molecule has 192 valence electrons. The van der Waals surface area contributed by atoms with Crippen molar-refractivity contribution in [2.24, 2.45) is 0 Å². The van der Waals surface area contributed by atoms with Gasteiger partial charge >= 0.3 is 6.03 Å². The summed E-state index contributed by atoms with van der Waals surface area (Å²) in [5.74, 6) is -2.20. The summed E-state index contributed by atoms with van der Waals surface area (Å²) < 4.78 is 101. The second-order valence-electron chi connectivity index (χ2n) is 8.94. The number of benzene rings is 1. The summed E-state index contributed by atoms with van der Waals surface area (Å²) in [5, 5.41) is 2.50. The maximum atomic E-state index is 15.3. The predicted molar refractivity (Wildman–Crippen MR) is 138 cm³/mol. The van der Waals surface area contributed by atoms with Crippen LogP contribution in [0.5, 0.6) is 0 Å². The molecule has 0 radical (unpaired) electrons. The van der Waals surface area contributed by atoms with Crippen molar-refractivity contribution in [2.45, 2.75) is 32.2 Å². The van der Waals surface area contributed by atoms with Crippen LogP contribution in [0, 0.1) is 5.82 Å². The number of hydrogen-bond donors (Lipinski definition) is 1. The molecule has 0 saturated carbocycles. The Balaban J connectivity index is 1.34. The fourth-order valence-electron chi connectivity index (χ4n) is 5.20. The number of aromatic nitrogens is 3. The largest absolute Gasteiger partial charge is 0.345 e. The normalized spacial score (nSPS) is 28.6. The summed E-state index contributed by atoms with van der Waals surface area (Å²) in [6, 6.07) is 5.96. The zero-order chi connectivity index (χ0) is 34.9. The van der Waals surface area contributed by atoms with Gasteiger partial charge in [0, 0.05) is 69.7 Å². The average Bonchev–Trinajstić information content (AvgIpc) is 3.61. The number of rotatable bonds is 2. The van der Waals surface area contributed by atoms with Crippen molar-refractivity contribution in [3.8, 4) is 0 Å². The summed E-state index contributed by atoms with van der Waals surface area (Å²) in [6.45, 7) is -8.17. The van der Waals surface area contributed by atoms with Crippen LogP contribution in [0.1, 0.15) is 49.6 Å². The molecule has 0 atom stereocenters. The van der Waals surface area contributed by atoms with Gasteiger partial charge in [-0.05, 0) is 48.9 Å². The first-order valence-corrected chi connectivity index (χ1v) is 11.7. The maximum absolute atomic E-state index is 15.3. The van der Waals surface area contributed by atoms with Crippen LogP contribution in [0.3, 0.4) is 0 Å². The molecule has 4 amide bonds. The number of likely N-dealkylation sites (tertiary alicyclic amines) is 1. The number of piperidine rings is 1. The minimum Gasteiger partial charge on any atom is -0.345 e. The molecular formula is C28H25FN6O3. The SMILES string of the molecule is [2H]C1([2H])N(C(=O)N2CCn3cc(C4=C(c5cnc6ccccn56)C(=O)NC4=O)c4cc(F)cc(c43)C2)C([2H])([2H])C([2H])([2H])C([2H])([2H])C1([2H])[2H]. The lowest BCUT2D eigenvalue weighted by atomic mass is 9.98. The van der Waals surface area contributed by atoms with Crippen molar-refractivity contribution in [3.05, 3.63) is 71.6 Å². The fraction of sp³-hybridized carbons (Fsp3) is 0.286. The monoisotopic (exact) mass is 522 g/mol. The van der Waals surface area contributed by atoms with E-state index in [9.17, 15) is 14.4 Å². The van der Waals surface area contributed by atoms with Gasteiger partial charge < -0.3 is 14.4 Å². The van der Waals surface area contributed by atoms with E-state index in [1.165, 1.54) is 12.4 Å². The molecule has 4 aromatic rings. The summed E-state index contributed by atoms with van der Waals surface area (Å²) in [7, 11) is 0. The molecule has 0 unspecified atom stereocenters. The topological polar surface area (TPSA) is 91.9 Å². The molecule has 7 rings (SSSR count). The first-order chi connectivity index (χ1) is 22.3. The van der Waals surface area contributed by atoms with E-state index in [1.807, 2.05) is 0 Å². The van der Waals surface area contributed by atoms with Gasteiger partial charge in [0.1, 0.15) is 11.5 Å². The van der Waals surface area contributed by atoms with Crippen molar-refractivity contribution in [2.75, 3.05) is 19.5 Å². The number of nitrogens with zero attached hydrogens (tertiary/aromatic N) is 5. The van der Waals surface area contributed by atoms with Crippen molar-refractivity contribution in [1.29, 1.82) is 0 Å². The minimum atomic E-state index is -3.70. The molecule has 0 spiro atoms. The van der Waals surface area contributed by atoms with E-state index in [-0.39, 0.29) is 45.6 Å². The second-order valence-corrected chi connectivity index (χ2v) is 8.94. The van der Waals surface area contributed by atoms with E-state index in [4.69, 9.17) is 13.7 Å². The van der Waals surface area contributed by atoms with Gasteiger partial charge in [-0.25, -0.2) is 14.2 Å². The van der Waals surface area contributed by atoms with Gasteiger partial charge in [-0.2, -0.15) is 0 Å². The van der Waals surface area contributed by atoms with Crippen LogP contribution in [-0.2, 0) is 22.7 Å². The number of fused-ring (bicyclic) bond motifs is 1. The molecule has 1 aromatic carbocycles. The Labute approximate surface area is 231 Å². The lowest BCUT2D eigenvalue weighted by Gasteiger charge is -2.32. The van der Waals surface area contributed by atoms with E-state index in [0.29, 0.717) is 16.9 Å².